The van der Waals surface area contributed by atoms with Crippen LogP contribution in [-0.4, -0.2) is 10.7 Å². The van der Waals surface area contributed by atoms with Crippen LogP contribution < -0.4 is 0 Å². The van der Waals surface area contributed by atoms with Gasteiger partial charge in [0, 0.05) is 10.9 Å². The van der Waals surface area contributed by atoms with Crippen molar-refractivity contribution in [3.63, 3.8) is 0 Å². The zero-order valence-corrected chi connectivity index (χ0v) is 16.8. The monoisotopic (exact) mass is 416 g/mol. The fraction of sp³-hybridized carbons (Fsp3) is 0.120. The molecule has 0 saturated carbocycles. The minimum absolute atomic E-state index is 0.351. The van der Waals surface area contributed by atoms with Gasteiger partial charge in [-0.15, -0.1) is 6.42 Å². The number of hydrogen-bond acceptors (Lipinski definition) is 1. The quantitative estimate of drug-likeness (QED) is 0.388. The summed E-state index contributed by atoms with van der Waals surface area (Å²) in [5, 5.41) is 10.7. The van der Waals surface area contributed by atoms with Crippen LogP contribution in [0.5, 0.6) is 0 Å². The van der Waals surface area contributed by atoms with Crippen LogP contribution in [0.25, 0.3) is 11.1 Å². The van der Waals surface area contributed by atoms with Gasteiger partial charge < -0.3 is 5.11 Å². The number of aliphatic hydroxyl groups is 1. The van der Waals surface area contributed by atoms with Crippen LogP contribution in [0.4, 0.5) is 0 Å². The number of terminal acetylenes is 1. The number of hydrogen-bond donors (Lipinski definition) is 1. The van der Waals surface area contributed by atoms with Crippen LogP contribution in [0.3, 0.4) is 0 Å². The molecule has 134 valence electrons. The van der Waals surface area contributed by atoms with Crippen molar-refractivity contribution in [3.8, 4) is 12.3 Å². The lowest BCUT2D eigenvalue weighted by atomic mass is 9.84. The third-order valence-corrected chi connectivity index (χ3v) is 4.98. The highest BCUT2D eigenvalue weighted by Crippen LogP contribution is 2.37. The highest BCUT2D eigenvalue weighted by Gasteiger charge is 2.23. The maximum Gasteiger partial charge on any atom is 0.126 e. The van der Waals surface area contributed by atoms with Crippen molar-refractivity contribution in [2.75, 3.05) is 0 Å². The Morgan fingerprint density at radius 1 is 0.852 bits per heavy atom. The normalized spacial score (nSPS) is 12.7. The molecule has 3 aromatic carbocycles. The summed E-state index contributed by atoms with van der Waals surface area (Å²) in [6, 6.07) is 28.6. The van der Waals surface area contributed by atoms with Gasteiger partial charge in [-0.1, -0.05) is 94.6 Å². The SMILES string of the molecule is C#CC(C)(O)CC(=C(c1ccccc1)c1ccccc1)c1ccc(Br)cc1. The van der Waals surface area contributed by atoms with E-state index in [0.29, 0.717) is 6.42 Å². The molecule has 1 atom stereocenters. The van der Waals surface area contributed by atoms with Crippen molar-refractivity contribution < 1.29 is 5.11 Å². The van der Waals surface area contributed by atoms with E-state index in [1.165, 1.54) is 0 Å². The summed E-state index contributed by atoms with van der Waals surface area (Å²) in [6.07, 6.45) is 5.96. The topological polar surface area (TPSA) is 20.2 Å². The second-order valence-corrected chi connectivity index (χ2v) is 7.60. The first kappa shape index (κ1) is 19.2. The third-order valence-electron chi connectivity index (χ3n) is 4.45. The van der Waals surface area contributed by atoms with E-state index in [9.17, 15) is 5.11 Å². The van der Waals surface area contributed by atoms with Gasteiger partial charge in [0.05, 0.1) is 0 Å². The van der Waals surface area contributed by atoms with Gasteiger partial charge in [0.1, 0.15) is 5.60 Å². The van der Waals surface area contributed by atoms with Crippen LogP contribution in [0.15, 0.2) is 89.4 Å². The Kier molecular flexibility index (Phi) is 5.96. The van der Waals surface area contributed by atoms with Gasteiger partial charge in [-0.3, -0.25) is 0 Å². The maximum absolute atomic E-state index is 10.7. The zero-order valence-electron chi connectivity index (χ0n) is 15.2. The lowest BCUT2D eigenvalue weighted by molar-refractivity contribution is 0.128. The summed E-state index contributed by atoms with van der Waals surface area (Å²) in [5.74, 6) is 2.52. The molecule has 0 radical (unpaired) electrons. The summed E-state index contributed by atoms with van der Waals surface area (Å²) in [5.41, 5.74) is 4.08. The highest BCUT2D eigenvalue weighted by molar-refractivity contribution is 9.10. The molecular weight excluding hydrogens is 396 g/mol. The Bertz CT molecular complexity index is 921. The second kappa shape index (κ2) is 8.39. The minimum Gasteiger partial charge on any atom is -0.378 e. The van der Waals surface area contributed by atoms with E-state index >= 15 is 0 Å². The van der Waals surface area contributed by atoms with Crippen LogP contribution in [0.2, 0.25) is 0 Å². The summed E-state index contributed by atoms with van der Waals surface area (Å²) < 4.78 is 1.01. The van der Waals surface area contributed by atoms with Gasteiger partial charge >= 0.3 is 0 Å². The molecule has 0 spiro atoms. The number of halogens is 1. The Morgan fingerprint density at radius 2 is 1.33 bits per heavy atom. The summed E-state index contributed by atoms with van der Waals surface area (Å²) in [7, 11) is 0. The molecule has 1 nitrogen and oxygen atoms in total. The predicted molar refractivity (Wildman–Crippen MR) is 117 cm³/mol. The molecule has 0 amide bonds. The standard InChI is InChI=1S/C25H21BrO/c1-3-25(2,27)18-23(19-14-16-22(26)17-15-19)24(20-10-6-4-7-11-20)21-12-8-5-9-13-21/h1,4-17,27H,18H2,2H3. The first-order valence-corrected chi connectivity index (χ1v) is 9.59. The first-order chi connectivity index (χ1) is 13.0. The molecule has 0 aliphatic rings. The second-order valence-electron chi connectivity index (χ2n) is 6.69. The smallest absolute Gasteiger partial charge is 0.126 e. The largest absolute Gasteiger partial charge is 0.378 e. The molecule has 27 heavy (non-hydrogen) atoms. The Labute approximate surface area is 169 Å². The first-order valence-electron chi connectivity index (χ1n) is 8.80. The minimum atomic E-state index is -1.24. The third kappa shape index (κ3) is 4.77. The molecule has 0 heterocycles. The van der Waals surface area contributed by atoms with E-state index in [2.05, 4.69) is 58.2 Å². The number of benzene rings is 3. The maximum atomic E-state index is 10.7. The van der Waals surface area contributed by atoms with Gasteiger partial charge in [-0.05, 0) is 46.9 Å². The van der Waals surface area contributed by atoms with Crippen LogP contribution >= 0.6 is 15.9 Å². The van der Waals surface area contributed by atoms with Crippen LogP contribution in [0, 0.1) is 12.3 Å². The molecule has 3 rings (SSSR count). The zero-order chi connectivity index (χ0) is 19.3. The molecule has 0 aliphatic heterocycles. The molecule has 0 bridgehead atoms. The molecule has 2 heteroatoms. The average molecular weight is 417 g/mol. The van der Waals surface area contributed by atoms with Gasteiger partial charge in [0.15, 0.2) is 0 Å². The number of rotatable bonds is 5. The molecular formula is C25H21BrO. The van der Waals surface area contributed by atoms with Gasteiger partial charge in [0.2, 0.25) is 0 Å². The van der Waals surface area contributed by atoms with Crippen molar-refractivity contribution in [2.24, 2.45) is 0 Å². The van der Waals surface area contributed by atoms with E-state index in [4.69, 9.17) is 6.42 Å². The van der Waals surface area contributed by atoms with Crippen LogP contribution in [-0.2, 0) is 0 Å². The highest BCUT2D eigenvalue weighted by atomic mass is 79.9. The lowest BCUT2D eigenvalue weighted by Crippen LogP contribution is -2.22. The molecule has 0 saturated heterocycles. The summed E-state index contributed by atoms with van der Waals surface area (Å²) >= 11 is 3.50. The molecule has 1 unspecified atom stereocenters. The molecule has 3 aromatic rings. The Hall–Kier alpha value is -2.60. The molecule has 1 N–H and O–H groups in total. The van der Waals surface area contributed by atoms with Crippen molar-refractivity contribution in [3.05, 3.63) is 106 Å². The van der Waals surface area contributed by atoms with E-state index in [1.807, 2.05) is 48.5 Å². The Balaban J connectivity index is 2.32. The van der Waals surface area contributed by atoms with Crippen molar-refractivity contribution in [1.29, 1.82) is 0 Å². The summed E-state index contributed by atoms with van der Waals surface area (Å²) in [6.45, 7) is 1.68. The fourth-order valence-corrected chi connectivity index (χ4v) is 3.37. The van der Waals surface area contributed by atoms with Gasteiger partial charge in [0.25, 0.3) is 0 Å². The van der Waals surface area contributed by atoms with Crippen molar-refractivity contribution >= 4 is 27.1 Å². The molecule has 0 aromatic heterocycles. The lowest BCUT2D eigenvalue weighted by Gasteiger charge is -2.23. The van der Waals surface area contributed by atoms with Crippen LogP contribution in [0.1, 0.15) is 30.0 Å². The van der Waals surface area contributed by atoms with Crippen molar-refractivity contribution in [1.82, 2.24) is 0 Å². The fourth-order valence-electron chi connectivity index (χ4n) is 3.11. The van der Waals surface area contributed by atoms with E-state index in [-0.39, 0.29) is 0 Å². The molecule has 0 fully saturated rings. The van der Waals surface area contributed by atoms with E-state index in [1.54, 1.807) is 6.92 Å². The summed E-state index contributed by atoms with van der Waals surface area (Å²) in [4.78, 5) is 0. The van der Waals surface area contributed by atoms with E-state index in [0.717, 1.165) is 32.3 Å². The van der Waals surface area contributed by atoms with Gasteiger partial charge in [-0.25, -0.2) is 0 Å². The van der Waals surface area contributed by atoms with Gasteiger partial charge in [-0.2, -0.15) is 0 Å². The Morgan fingerprint density at radius 3 is 1.78 bits per heavy atom. The van der Waals surface area contributed by atoms with E-state index < -0.39 is 5.60 Å². The molecule has 0 aliphatic carbocycles. The average Bonchev–Trinajstić information content (AvgIpc) is 2.70. The predicted octanol–water partition coefficient (Wildman–Crippen LogP) is 6.18. The van der Waals surface area contributed by atoms with Crippen molar-refractivity contribution in [2.45, 2.75) is 18.9 Å².